The van der Waals surface area contributed by atoms with Crippen molar-refractivity contribution in [3.05, 3.63) is 65.5 Å². The van der Waals surface area contributed by atoms with E-state index in [0.29, 0.717) is 0 Å². The number of nitriles is 1. The van der Waals surface area contributed by atoms with Crippen LogP contribution in [-0.4, -0.2) is 16.1 Å². The Balaban J connectivity index is 1.80. The third-order valence-electron chi connectivity index (χ3n) is 4.36. The van der Waals surface area contributed by atoms with E-state index in [-0.39, 0.29) is 11.5 Å². The number of aryl methyl sites for hydroxylation is 1. The van der Waals surface area contributed by atoms with Gasteiger partial charge in [-0.05, 0) is 42.2 Å². The summed E-state index contributed by atoms with van der Waals surface area (Å²) in [4.78, 5) is 12.6. The van der Waals surface area contributed by atoms with E-state index >= 15 is 0 Å². The van der Waals surface area contributed by atoms with Crippen LogP contribution in [0, 0.1) is 18.3 Å². The Labute approximate surface area is 157 Å². The number of aromatic amines is 1. The second-order valence-electron chi connectivity index (χ2n) is 6.63. The van der Waals surface area contributed by atoms with E-state index in [1.165, 1.54) is 6.20 Å². The zero-order chi connectivity index (χ0) is 19.4. The monoisotopic (exact) mass is 359 g/mol. The minimum atomic E-state index is -0.441. The molecule has 0 atom stereocenters. The number of nitrogens with zero attached hydrogens (tertiary/aromatic N) is 2. The molecule has 0 aliphatic rings. The van der Waals surface area contributed by atoms with Crippen LogP contribution in [0.1, 0.15) is 30.9 Å². The van der Waals surface area contributed by atoms with Crippen LogP contribution in [0.3, 0.4) is 0 Å². The van der Waals surface area contributed by atoms with Gasteiger partial charge in [0, 0.05) is 23.0 Å². The van der Waals surface area contributed by atoms with Gasteiger partial charge in [-0.15, -0.1) is 0 Å². The summed E-state index contributed by atoms with van der Waals surface area (Å²) in [6.45, 7) is 6.08. The zero-order valence-corrected chi connectivity index (χ0v) is 15.5. The number of nitrogens with one attached hydrogen (secondary N) is 3. The van der Waals surface area contributed by atoms with Gasteiger partial charge in [0.25, 0.3) is 5.91 Å². The average Bonchev–Trinajstić information content (AvgIpc) is 3.11. The number of benzene rings is 2. The standard InChI is InChI=1S/C21H21N5O/c1-13(2)18-6-4-5-14(3)20(18)25-21(27)16(10-22)11-23-17-8-7-15-12-24-26-19(15)9-17/h4-9,11-13,23H,1-3H3,(H,24,26)(H,25,27)/b16-11-. The first-order valence-electron chi connectivity index (χ1n) is 8.70. The molecule has 0 spiro atoms. The van der Waals surface area contributed by atoms with E-state index in [0.717, 1.165) is 33.4 Å². The third kappa shape index (κ3) is 3.98. The highest BCUT2D eigenvalue weighted by Crippen LogP contribution is 2.27. The second-order valence-corrected chi connectivity index (χ2v) is 6.63. The molecule has 0 saturated carbocycles. The minimum absolute atomic E-state index is 0.00216. The highest BCUT2D eigenvalue weighted by molar-refractivity contribution is 6.07. The van der Waals surface area contributed by atoms with Crippen LogP contribution in [0.5, 0.6) is 0 Å². The van der Waals surface area contributed by atoms with Gasteiger partial charge in [0.05, 0.1) is 11.7 Å². The maximum absolute atomic E-state index is 12.6. The van der Waals surface area contributed by atoms with Gasteiger partial charge < -0.3 is 10.6 Å². The topological polar surface area (TPSA) is 93.6 Å². The van der Waals surface area contributed by atoms with Crippen LogP contribution in [0.4, 0.5) is 11.4 Å². The SMILES string of the molecule is Cc1cccc(C(C)C)c1NC(=O)/C(C#N)=C\Nc1ccc2cn[nH]c2c1. The fraction of sp³-hybridized carbons (Fsp3) is 0.190. The van der Waals surface area contributed by atoms with Gasteiger partial charge in [-0.2, -0.15) is 10.4 Å². The molecule has 3 N–H and O–H groups in total. The minimum Gasteiger partial charge on any atom is -0.360 e. The Hall–Kier alpha value is -3.59. The van der Waals surface area contributed by atoms with Crippen LogP contribution >= 0.6 is 0 Å². The van der Waals surface area contributed by atoms with Gasteiger partial charge >= 0.3 is 0 Å². The molecule has 6 heteroatoms. The Kier molecular flexibility index (Phi) is 5.23. The lowest BCUT2D eigenvalue weighted by molar-refractivity contribution is -0.112. The number of hydrogen-bond acceptors (Lipinski definition) is 4. The Bertz CT molecular complexity index is 1060. The summed E-state index contributed by atoms with van der Waals surface area (Å²) in [6, 6.07) is 13.5. The first kappa shape index (κ1) is 18.2. The number of aromatic nitrogens is 2. The van der Waals surface area contributed by atoms with E-state index in [2.05, 4.69) is 34.7 Å². The van der Waals surface area contributed by atoms with Gasteiger partial charge in [0.1, 0.15) is 11.6 Å². The van der Waals surface area contributed by atoms with Crippen molar-refractivity contribution in [2.75, 3.05) is 10.6 Å². The van der Waals surface area contributed by atoms with Gasteiger partial charge in [-0.1, -0.05) is 32.0 Å². The van der Waals surface area contributed by atoms with Crippen molar-refractivity contribution in [1.82, 2.24) is 10.2 Å². The molecule has 2 aromatic carbocycles. The smallest absolute Gasteiger partial charge is 0.267 e. The van der Waals surface area contributed by atoms with Gasteiger partial charge in [-0.25, -0.2) is 0 Å². The van der Waals surface area contributed by atoms with E-state index in [9.17, 15) is 10.1 Å². The predicted octanol–water partition coefficient (Wildman–Crippen LogP) is 4.45. The normalized spacial score (nSPS) is 11.4. The maximum atomic E-state index is 12.6. The number of amides is 1. The molecule has 3 rings (SSSR count). The molecular weight excluding hydrogens is 338 g/mol. The second kappa shape index (κ2) is 7.75. The number of H-pyrrole nitrogens is 1. The number of fused-ring (bicyclic) bond motifs is 1. The van der Waals surface area contributed by atoms with E-state index in [4.69, 9.17) is 0 Å². The molecule has 1 aromatic heterocycles. The van der Waals surface area contributed by atoms with Crippen LogP contribution in [0.2, 0.25) is 0 Å². The molecule has 136 valence electrons. The molecule has 0 aliphatic heterocycles. The Morgan fingerprint density at radius 2 is 2.11 bits per heavy atom. The van der Waals surface area contributed by atoms with Crippen molar-refractivity contribution in [1.29, 1.82) is 5.26 Å². The first-order valence-corrected chi connectivity index (χ1v) is 8.70. The van der Waals surface area contributed by atoms with Gasteiger partial charge in [-0.3, -0.25) is 9.89 Å². The summed E-state index contributed by atoms with van der Waals surface area (Å²) < 4.78 is 0. The highest BCUT2D eigenvalue weighted by Gasteiger charge is 2.15. The molecule has 0 unspecified atom stereocenters. The first-order chi connectivity index (χ1) is 13.0. The molecule has 3 aromatic rings. The van der Waals surface area contributed by atoms with Gasteiger partial charge in [0.2, 0.25) is 0 Å². The fourth-order valence-electron chi connectivity index (χ4n) is 2.85. The fourth-order valence-corrected chi connectivity index (χ4v) is 2.85. The van der Waals surface area contributed by atoms with Crippen molar-refractivity contribution in [2.24, 2.45) is 0 Å². The summed E-state index contributed by atoms with van der Waals surface area (Å²) in [7, 11) is 0. The lowest BCUT2D eigenvalue weighted by Crippen LogP contribution is -2.17. The number of carbonyl (C=O) groups is 1. The summed E-state index contributed by atoms with van der Waals surface area (Å²) in [5, 5.41) is 23.1. The van der Waals surface area contributed by atoms with Crippen LogP contribution in [0.25, 0.3) is 10.9 Å². The molecule has 0 bridgehead atoms. The number of para-hydroxylation sites is 1. The van der Waals surface area contributed by atoms with E-state index < -0.39 is 5.91 Å². The quantitative estimate of drug-likeness (QED) is 0.463. The Morgan fingerprint density at radius 1 is 1.30 bits per heavy atom. The summed E-state index contributed by atoms with van der Waals surface area (Å²) >= 11 is 0. The molecule has 27 heavy (non-hydrogen) atoms. The van der Waals surface area contributed by atoms with Gasteiger partial charge in [0.15, 0.2) is 0 Å². The lowest BCUT2D eigenvalue weighted by Gasteiger charge is -2.16. The molecule has 0 radical (unpaired) electrons. The zero-order valence-electron chi connectivity index (χ0n) is 15.5. The predicted molar refractivity (Wildman–Crippen MR) is 107 cm³/mol. The lowest BCUT2D eigenvalue weighted by atomic mass is 9.98. The summed E-state index contributed by atoms with van der Waals surface area (Å²) in [6.07, 6.45) is 3.15. The molecule has 1 amide bonds. The van der Waals surface area contributed by atoms with Crippen molar-refractivity contribution < 1.29 is 4.79 Å². The molecule has 0 aliphatic carbocycles. The average molecular weight is 359 g/mol. The van der Waals surface area contributed by atoms with Crippen molar-refractivity contribution in [2.45, 2.75) is 26.7 Å². The number of rotatable bonds is 5. The summed E-state index contributed by atoms with van der Waals surface area (Å²) in [5.41, 5.74) is 4.39. The van der Waals surface area contributed by atoms with Crippen LogP contribution < -0.4 is 10.6 Å². The number of hydrogen-bond donors (Lipinski definition) is 3. The maximum Gasteiger partial charge on any atom is 0.267 e. The molecule has 6 nitrogen and oxygen atoms in total. The van der Waals surface area contributed by atoms with Crippen LogP contribution in [0.15, 0.2) is 54.4 Å². The highest BCUT2D eigenvalue weighted by atomic mass is 16.1. The number of carbonyl (C=O) groups excluding carboxylic acids is 1. The molecule has 1 heterocycles. The third-order valence-corrected chi connectivity index (χ3v) is 4.36. The van der Waals surface area contributed by atoms with Crippen molar-refractivity contribution >= 4 is 28.2 Å². The molecule has 0 saturated heterocycles. The van der Waals surface area contributed by atoms with Crippen molar-refractivity contribution in [3.63, 3.8) is 0 Å². The molecular formula is C21H21N5O. The molecule has 0 fully saturated rings. The number of anilines is 2. The van der Waals surface area contributed by atoms with Crippen molar-refractivity contribution in [3.8, 4) is 6.07 Å². The summed E-state index contributed by atoms with van der Waals surface area (Å²) in [5.74, 6) is -0.183. The van der Waals surface area contributed by atoms with E-state index in [1.54, 1.807) is 6.20 Å². The Morgan fingerprint density at radius 3 is 2.85 bits per heavy atom. The van der Waals surface area contributed by atoms with E-state index in [1.807, 2.05) is 49.4 Å². The largest absolute Gasteiger partial charge is 0.360 e. The van der Waals surface area contributed by atoms with Crippen LogP contribution in [-0.2, 0) is 4.79 Å².